The monoisotopic (exact) mass is 306 g/mol. The lowest BCUT2D eigenvalue weighted by Crippen LogP contribution is -2.38. The minimum Gasteiger partial charge on any atom is -0.358 e. The number of rotatable bonds is 5. The van der Waals surface area contributed by atoms with Crippen LogP contribution in [0.5, 0.6) is 0 Å². The molecular weight excluding hydrogens is 288 g/mol. The predicted octanol–water partition coefficient (Wildman–Crippen LogP) is 2.53. The standard InChI is InChI=1S/C16H18O4S/c1-20-16(21(2,18)19)10-8-13(9-11-16)12-15(17)14-6-4-3-5-7-14/h3-10H,11-12H2,1-2H3. The van der Waals surface area contributed by atoms with E-state index in [4.69, 9.17) is 4.74 Å². The quantitative estimate of drug-likeness (QED) is 0.784. The largest absolute Gasteiger partial charge is 0.358 e. The van der Waals surface area contributed by atoms with Crippen LogP contribution in [-0.2, 0) is 14.6 Å². The summed E-state index contributed by atoms with van der Waals surface area (Å²) in [6, 6.07) is 9.03. The van der Waals surface area contributed by atoms with Crippen molar-refractivity contribution in [3.05, 3.63) is 59.7 Å². The van der Waals surface area contributed by atoms with Gasteiger partial charge in [0.15, 0.2) is 20.6 Å². The second-order valence-electron chi connectivity index (χ2n) is 5.07. The summed E-state index contributed by atoms with van der Waals surface area (Å²) in [7, 11) is -2.01. The van der Waals surface area contributed by atoms with Crippen molar-refractivity contribution in [2.75, 3.05) is 13.4 Å². The normalized spacial score (nSPS) is 21.9. The van der Waals surface area contributed by atoms with Crippen molar-refractivity contribution in [2.45, 2.75) is 17.8 Å². The Morgan fingerprint density at radius 1 is 1.29 bits per heavy atom. The Kier molecular flexibility index (Phi) is 4.44. The molecule has 0 amide bonds. The van der Waals surface area contributed by atoms with E-state index in [1.165, 1.54) is 13.2 Å². The van der Waals surface area contributed by atoms with E-state index in [-0.39, 0.29) is 18.6 Å². The first-order chi connectivity index (χ1) is 9.88. The smallest absolute Gasteiger partial charge is 0.190 e. The maximum atomic E-state index is 12.1. The fourth-order valence-electron chi connectivity index (χ4n) is 2.26. The number of allylic oxidation sites excluding steroid dienone is 2. The van der Waals surface area contributed by atoms with Gasteiger partial charge < -0.3 is 4.74 Å². The molecule has 112 valence electrons. The summed E-state index contributed by atoms with van der Waals surface area (Å²) in [6.07, 6.45) is 6.56. The molecule has 1 aliphatic rings. The van der Waals surface area contributed by atoms with Crippen molar-refractivity contribution < 1.29 is 17.9 Å². The molecule has 0 heterocycles. The van der Waals surface area contributed by atoms with Gasteiger partial charge >= 0.3 is 0 Å². The van der Waals surface area contributed by atoms with E-state index in [1.54, 1.807) is 24.3 Å². The highest BCUT2D eigenvalue weighted by molar-refractivity contribution is 7.92. The average Bonchev–Trinajstić information content (AvgIpc) is 2.48. The molecule has 1 aliphatic carbocycles. The molecule has 2 rings (SSSR count). The molecule has 0 saturated heterocycles. The van der Waals surface area contributed by atoms with E-state index < -0.39 is 14.8 Å². The van der Waals surface area contributed by atoms with Gasteiger partial charge in [0, 0.05) is 31.8 Å². The van der Waals surface area contributed by atoms with Crippen molar-refractivity contribution in [1.82, 2.24) is 0 Å². The van der Waals surface area contributed by atoms with Crippen molar-refractivity contribution >= 4 is 15.6 Å². The van der Waals surface area contributed by atoms with Crippen LogP contribution in [0.4, 0.5) is 0 Å². The first kappa shape index (κ1) is 15.7. The molecule has 4 nitrogen and oxygen atoms in total. The molecule has 21 heavy (non-hydrogen) atoms. The molecule has 0 saturated carbocycles. The Balaban J connectivity index is 2.12. The summed E-state index contributed by atoms with van der Waals surface area (Å²) in [5, 5.41) is 0. The number of carbonyl (C=O) groups is 1. The molecule has 1 atom stereocenters. The predicted molar refractivity (Wildman–Crippen MR) is 81.8 cm³/mol. The molecule has 0 spiro atoms. The van der Waals surface area contributed by atoms with Crippen LogP contribution in [-0.4, -0.2) is 32.5 Å². The minimum atomic E-state index is -3.38. The molecule has 1 aromatic carbocycles. The van der Waals surface area contributed by atoms with Gasteiger partial charge in [0.25, 0.3) is 0 Å². The summed E-state index contributed by atoms with van der Waals surface area (Å²) < 4.78 is 28.8. The average molecular weight is 306 g/mol. The van der Waals surface area contributed by atoms with Gasteiger partial charge in [0.1, 0.15) is 0 Å². The van der Waals surface area contributed by atoms with E-state index in [0.717, 1.165) is 11.8 Å². The number of benzene rings is 1. The lowest BCUT2D eigenvalue weighted by Gasteiger charge is -2.28. The number of ketones is 1. The van der Waals surface area contributed by atoms with Crippen molar-refractivity contribution in [3.63, 3.8) is 0 Å². The molecule has 1 aromatic rings. The molecule has 1 unspecified atom stereocenters. The van der Waals surface area contributed by atoms with Crippen LogP contribution >= 0.6 is 0 Å². The Labute approximate surface area is 125 Å². The topological polar surface area (TPSA) is 60.4 Å². The van der Waals surface area contributed by atoms with Gasteiger partial charge in [-0.15, -0.1) is 0 Å². The molecule has 0 bridgehead atoms. The van der Waals surface area contributed by atoms with E-state index in [2.05, 4.69) is 0 Å². The molecular formula is C16H18O4S. The number of ether oxygens (including phenoxy) is 1. The van der Waals surface area contributed by atoms with Gasteiger partial charge in [-0.1, -0.05) is 42.5 Å². The Morgan fingerprint density at radius 2 is 1.95 bits per heavy atom. The minimum absolute atomic E-state index is 0.00997. The first-order valence-corrected chi connectivity index (χ1v) is 8.48. The fraction of sp³-hybridized carbons (Fsp3) is 0.312. The summed E-state index contributed by atoms with van der Waals surface area (Å²) in [5.41, 5.74) is 1.46. The SMILES string of the molecule is COC1(S(C)(=O)=O)C=CC(CC(=O)c2ccccc2)=CC1. The number of hydrogen-bond acceptors (Lipinski definition) is 4. The maximum absolute atomic E-state index is 12.1. The van der Waals surface area contributed by atoms with Crippen LogP contribution < -0.4 is 0 Å². The first-order valence-electron chi connectivity index (χ1n) is 6.59. The van der Waals surface area contributed by atoms with Gasteiger partial charge in [0.2, 0.25) is 0 Å². The van der Waals surface area contributed by atoms with Gasteiger partial charge in [-0.25, -0.2) is 8.42 Å². The maximum Gasteiger partial charge on any atom is 0.190 e. The summed E-state index contributed by atoms with van der Waals surface area (Å²) in [6.45, 7) is 0. The lowest BCUT2D eigenvalue weighted by molar-refractivity contribution is 0.0983. The Bertz CT molecular complexity index is 686. The van der Waals surface area contributed by atoms with E-state index in [1.807, 2.05) is 18.2 Å². The molecule has 0 radical (unpaired) electrons. The lowest BCUT2D eigenvalue weighted by atomic mass is 9.97. The van der Waals surface area contributed by atoms with Crippen LogP contribution in [0, 0.1) is 0 Å². The summed E-state index contributed by atoms with van der Waals surface area (Å²) in [5.74, 6) is 0.00997. The third kappa shape index (κ3) is 3.31. The Morgan fingerprint density at radius 3 is 2.43 bits per heavy atom. The highest BCUT2D eigenvalue weighted by Crippen LogP contribution is 2.30. The van der Waals surface area contributed by atoms with E-state index in [0.29, 0.717) is 5.56 Å². The zero-order valence-corrected chi connectivity index (χ0v) is 12.9. The number of Topliss-reactive ketones (excluding diaryl/α,β-unsaturated/α-hetero) is 1. The molecule has 5 heteroatoms. The zero-order valence-electron chi connectivity index (χ0n) is 12.1. The van der Waals surface area contributed by atoms with Gasteiger partial charge in [-0.3, -0.25) is 4.79 Å². The van der Waals surface area contributed by atoms with Crippen molar-refractivity contribution in [2.24, 2.45) is 0 Å². The van der Waals surface area contributed by atoms with Gasteiger partial charge in [-0.2, -0.15) is 0 Å². The van der Waals surface area contributed by atoms with Crippen molar-refractivity contribution in [3.8, 4) is 0 Å². The van der Waals surface area contributed by atoms with Gasteiger partial charge in [-0.05, 0) is 11.6 Å². The van der Waals surface area contributed by atoms with Crippen LogP contribution in [0.25, 0.3) is 0 Å². The van der Waals surface area contributed by atoms with E-state index >= 15 is 0 Å². The molecule has 0 aliphatic heterocycles. The van der Waals surface area contributed by atoms with Crippen LogP contribution in [0.3, 0.4) is 0 Å². The van der Waals surface area contributed by atoms with Crippen molar-refractivity contribution in [1.29, 1.82) is 0 Å². The highest BCUT2D eigenvalue weighted by Gasteiger charge is 2.38. The second kappa shape index (κ2) is 5.95. The van der Waals surface area contributed by atoms with Crippen LogP contribution in [0.15, 0.2) is 54.1 Å². The van der Waals surface area contributed by atoms with Gasteiger partial charge in [0.05, 0.1) is 0 Å². The summed E-state index contributed by atoms with van der Waals surface area (Å²) in [4.78, 5) is 10.8. The highest BCUT2D eigenvalue weighted by atomic mass is 32.2. The molecule has 0 aromatic heterocycles. The Hall–Kier alpha value is -1.72. The number of carbonyl (C=O) groups excluding carboxylic acids is 1. The third-order valence-electron chi connectivity index (χ3n) is 3.63. The zero-order chi connectivity index (χ0) is 15.5. The molecule has 0 N–H and O–H groups in total. The molecule has 0 fully saturated rings. The summed E-state index contributed by atoms with van der Waals surface area (Å²) >= 11 is 0. The number of sulfone groups is 1. The third-order valence-corrected chi connectivity index (χ3v) is 5.36. The van der Waals surface area contributed by atoms with Crippen LogP contribution in [0.1, 0.15) is 23.2 Å². The number of methoxy groups -OCH3 is 1. The second-order valence-corrected chi connectivity index (χ2v) is 7.31. The van der Waals surface area contributed by atoms with E-state index in [9.17, 15) is 13.2 Å². The fourth-order valence-corrected chi connectivity index (χ4v) is 3.27. The van der Waals surface area contributed by atoms with Crippen LogP contribution in [0.2, 0.25) is 0 Å². The number of hydrogen-bond donors (Lipinski definition) is 0.